The Hall–Kier alpha value is -0.790. The topological polar surface area (TPSA) is 26.3 Å². The highest BCUT2D eigenvalue weighted by molar-refractivity contribution is 5.81. The molecule has 0 aromatic rings. The lowest BCUT2D eigenvalue weighted by molar-refractivity contribution is -0.147. The maximum Gasteiger partial charge on any atom is 0.330 e. The maximum atomic E-state index is 11.0. The third kappa shape index (κ3) is 4.16. The second-order valence-corrected chi connectivity index (χ2v) is 3.95. The summed E-state index contributed by atoms with van der Waals surface area (Å²) in [5, 5.41) is 0. The Morgan fingerprint density at radius 2 is 1.92 bits per heavy atom. The van der Waals surface area contributed by atoms with E-state index in [1.807, 2.05) is 27.7 Å². The van der Waals surface area contributed by atoms with Crippen LogP contribution in [0.4, 0.5) is 0 Å². The predicted octanol–water partition coefficient (Wildman–Crippen LogP) is 2.54. The number of hydrogen-bond acceptors (Lipinski definition) is 2. The highest BCUT2D eigenvalue weighted by atomic mass is 16.5. The molecular formula is C10H18O2. The van der Waals surface area contributed by atoms with Gasteiger partial charge in [0.1, 0.15) is 6.10 Å². The van der Waals surface area contributed by atoms with Crippen molar-refractivity contribution in [2.75, 3.05) is 0 Å². The SMILES string of the molecule is C/C=C/C(=O)O[C@H](C)C(C)(C)C. The third-order valence-electron chi connectivity index (χ3n) is 1.82. The van der Waals surface area contributed by atoms with Crippen LogP contribution in [-0.4, -0.2) is 12.1 Å². The molecule has 0 aliphatic rings. The van der Waals surface area contributed by atoms with Crippen molar-refractivity contribution in [2.45, 2.75) is 40.7 Å². The molecule has 70 valence electrons. The Kier molecular flexibility index (Phi) is 4.01. The van der Waals surface area contributed by atoms with Crippen LogP contribution in [0.15, 0.2) is 12.2 Å². The van der Waals surface area contributed by atoms with Crippen LogP contribution >= 0.6 is 0 Å². The van der Waals surface area contributed by atoms with Gasteiger partial charge >= 0.3 is 5.97 Å². The van der Waals surface area contributed by atoms with Gasteiger partial charge in [0.15, 0.2) is 0 Å². The quantitative estimate of drug-likeness (QED) is 0.470. The second kappa shape index (κ2) is 4.29. The summed E-state index contributed by atoms with van der Waals surface area (Å²) in [5.41, 5.74) is 0.0112. The molecule has 0 aliphatic carbocycles. The molecule has 2 heteroatoms. The number of allylic oxidation sites excluding steroid dienone is 1. The van der Waals surface area contributed by atoms with Crippen molar-refractivity contribution in [2.24, 2.45) is 5.41 Å². The van der Waals surface area contributed by atoms with Crippen LogP contribution in [0.5, 0.6) is 0 Å². The average Bonchev–Trinajstić information content (AvgIpc) is 1.85. The molecule has 0 fully saturated rings. The summed E-state index contributed by atoms with van der Waals surface area (Å²) in [6.45, 7) is 9.83. The second-order valence-electron chi connectivity index (χ2n) is 3.95. The molecule has 0 saturated carbocycles. The Bertz CT molecular complexity index is 175. The normalized spacial score (nSPS) is 14.8. The molecule has 0 unspecified atom stereocenters. The van der Waals surface area contributed by atoms with Crippen molar-refractivity contribution in [3.63, 3.8) is 0 Å². The average molecular weight is 170 g/mol. The third-order valence-corrected chi connectivity index (χ3v) is 1.82. The van der Waals surface area contributed by atoms with Crippen LogP contribution < -0.4 is 0 Å². The summed E-state index contributed by atoms with van der Waals surface area (Å²) >= 11 is 0. The van der Waals surface area contributed by atoms with Gasteiger partial charge in [0.05, 0.1) is 0 Å². The van der Waals surface area contributed by atoms with Gasteiger partial charge in [-0.1, -0.05) is 26.8 Å². The smallest absolute Gasteiger partial charge is 0.330 e. The van der Waals surface area contributed by atoms with Crippen molar-refractivity contribution < 1.29 is 9.53 Å². The Morgan fingerprint density at radius 1 is 1.42 bits per heavy atom. The first-order valence-electron chi connectivity index (χ1n) is 4.21. The van der Waals surface area contributed by atoms with Gasteiger partial charge in [-0.2, -0.15) is 0 Å². The molecule has 0 radical (unpaired) electrons. The molecule has 0 bridgehead atoms. The fourth-order valence-electron chi connectivity index (χ4n) is 0.526. The van der Waals surface area contributed by atoms with Crippen LogP contribution in [-0.2, 0) is 9.53 Å². The molecule has 0 saturated heterocycles. The van der Waals surface area contributed by atoms with Crippen LogP contribution in [0.2, 0.25) is 0 Å². The van der Waals surface area contributed by atoms with E-state index in [1.54, 1.807) is 13.0 Å². The number of carbonyl (C=O) groups excluding carboxylic acids is 1. The molecule has 0 amide bonds. The van der Waals surface area contributed by atoms with Crippen molar-refractivity contribution in [1.82, 2.24) is 0 Å². The fraction of sp³-hybridized carbons (Fsp3) is 0.700. The molecule has 0 heterocycles. The summed E-state index contributed by atoms with van der Waals surface area (Å²) in [5.74, 6) is -0.264. The summed E-state index contributed by atoms with van der Waals surface area (Å²) in [4.78, 5) is 11.0. The standard InChI is InChI=1S/C10H18O2/c1-6-7-9(11)12-8(2)10(3,4)5/h6-8H,1-5H3/b7-6+/t8-/m1/s1. The molecule has 0 aliphatic heterocycles. The first-order chi connectivity index (χ1) is 5.38. The van der Waals surface area contributed by atoms with E-state index in [2.05, 4.69) is 0 Å². The highest BCUT2D eigenvalue weighted by Crippen LogP contribution is 2.21. The van der Waals surface area contributed by atoms with Gasteiger partial charge in [-0.05, 0) is 19.3 Å². The van der Waals surface area contributed by atoms with E-state index in [0.29, 0.717) is 0 Å². The summed E-state index contributed by atoms with van der Waals surface area (Å²) in [6, 6.07) is 0. The van der Waals surface area contributed by atoms with Gasteiger partial charge in [-0.15, -0.1) is 0 Å². The van der Waals surface area contributed by atoms with Gasteiger partial charge in [-0.25, -0.2) is 4.79 Å². The number of hydrogen-bond donors (Lipinski definition) is 0. The van der Waals surface area contributed by atoms with Gasteiger partial charge in [0, 0.05) is 6.08 Å². The highest BCUT2D eigenvalue weighted by Gasteiger charge is 2.22. The number of ether oxygens (including phenoxy) is 1. The van der Waals surface area contributed by atoms with Gasteiger partial charge in [0.25, 0.3) is 0 Å². The lowest BCUT2D eigenvalue weighted by Gasteiger charge is -2.26. The van der Waals surface area contributed by atoms with Crippen molar-refractivity contribution >= 4 is 5.97 Å². The number of rotatable bonds is 2. The minimum absolute atomic E-state index is 0.0112. The molecule has 0 aromatic carbocycles. The molecular weight excluding hydrogens is 152 g/mol. The molecule has 1 atom stereocenters. The lowest BCUT2D eigenvalue weighted by Crippen LogP contribution is -2.28. The molecule has 0 spiro atoms. The van der Waals surface area contributed by atoms with Crippen molar-refractivity contribution in [3.05, 3.63) is 12.2 Å². The van der Waals surface area contributed by atoms with Crippen LogP contribution in [0, 0.1) is 5.41 Å². The first-order valence-corrected chi connectivity index (χ1v) is 4.21. The maximum absolute atomic E-state index is 11.0. The molecule has 0 aromatic heterocycles. The Morgan fingerprint density at radius 3 is 2.25 bits per heavy atom. The zero-order valence-corrected chi connectivity index (χ0v) is 8.55. The van der Waals surface area contributed by atoms with Crippen molar-refractivity contribution in [3.8, 4) is 0 Å². The van der Waals surface area contributed by atoms with Crippen LogP contribution in [0.3, 0.4) is 0 Å². The predicted molar refractivity (Wildman–Crippen MR) is 49.8 cm³/mol. The van der Waals surface area contributed by atoms with Gasteiger partial charge < -0.3 is 4.74 Å². The Balaban J connectivity index is 4.01. The van der Waals surface area contributed by atoms with E-state index in [-0.39, 0.29) is 17.5 Å². The van der Waals surface area contributed by atoms with E-state index in [0.717, 1.165) is 0 Å². The lowest BCUT2D eigenvalue weighted by atomic mass is 9.90. The van der Waals surface area contributed by atoms with Gasteiger partial charge in [-0.3, -0.25) is 0 Å². The molecule has 12 heavy (non-hydrogen) atoms. The Labute approximate surface area is 74.6 Å². The minimum atomic E-state index is -0.264. The summed E-state index contributed by atoms with van der Waals surface area (Å²) in [6.07, 6.45) is 3.06. The largest absolute Gasteiger partial charge is 0.459 e. The van der Waals surface area contributed by atoms with E-state index in [9.17, 15) is 4.79 Å². The molecule has 2 nitrogen and oxygen atoms in total. The van der Waals surface area contributed by atoms with Gasteiger partial charge in [0.2, 0.25) is 0 Å². The number of carbonyl (C=O) groups is 1. The summed E-state index contributed by atoms with van der Waals surface area (Å²) < 4.78 is 5.13. The van der Waals surface area contributed by atoms with E-state index < -0.39 is 0 Å². The summed E-state index contributed by atoms with van der Waals surface area (Å²) in [7, 11) is 0. The molecule has 0 N–H and O–H groups in total. The van der Waals surface area contributed by atoms with Crippen LogP contribution in [0.1, 0.15) is 34.6 Å². The van der Waals surface area contributed by atoms with Crippen molar-refractivity contribution in [1.29, 1.82) is 0 Å². The number of esters is 1. The first kappa shape index (κ1) is 11.2. The van der Waals surface area contributed by atoms with Crippen LogP contribution in [0.25, 0.3) is 0 Å². The van der Waals surface area contributed by atoms with E-state index in [4.69, 9.17) is 4.74 Å². The minimum Gasteiger partial charge on any atom is -0.459 e. The fourth-order valence-corrected chi connectivity index (χ4v) is 0.526. The van der Waals surface area contributed by atoms with E-state index >= 15 is 0 Å². The monoisotopic (exact) mass is 170 g/mol. The zero-order valence-electron chi connectivity index (χ0n) is 8.55. The zero-order chi connectivity index (χ0) is 9.78. The molecule has 0 rings (SSSR count). The van der Waals surface area contributed by atoms with E-state index in [1.165, 1.54) is 6.08 Å².